The van der Waals surface area contributed by atoms with Crippen molar-refractivity contribution in [2.45, 2.75) is 38.4 Å². The first-order valence-corrected chi connectivity index (χ1v) is 5.97. The van der Waals surface area contributed by atoms with Crippen LogP contribution >= 0.6 is 0 Å². The summed E-state index contributed by atoms with van der Waals surface area (Å²) < 4.78 is 19.3. The number of benzene rings is 1. The van der Waals surface area contributed by atoms with Crippen LogP contribution in [0.5, 0.6) is 5.75 Å². The lowest BCUT2D eigenvalue weighted by atomic mass is 10.1. The number of rotatable bonds is 3. The van der Waals surface area contributed by atoms with Gasteiger partial charge in [-0.05, 0) is 44.4 Å². The van der Waals surface area contributed by atoms with Crippen LogP contribution in [0.25, 0.3) is 0 Å². The van der Waals surface area contributed by atoms with E-state index in [0.717, 1.165) is 19.3 Å². The molecule has 17 heavy (non-hydrogen) atoms. The Morgan fingerprint density at radius 2 is 2.29 bits per heavy atom. The summed E-state index contributed by atoms with van der Waals surface area (Å²) in [6, 6.07) is 4.61. The number of ether oxygens (including phenoxy) is 1. The smallest absolute Gasteiger partial charge is 0.132 e. The fourth-order valence-corrected chi connectivity index (χ4v) is 1.97. The van der Waals surface area contributed by atoms with Gasteiger partial charge in [0.15, 0.2) is 0 Å². The lowest BCUT2D eigenvalue weighted by Gasteiger charge is -2.19. The summed E-state index contributed by atoms with van der Waals surface area (Å²) in [6.45, 7) is 1.54. The van der Waals surface area contributed by atoms with Gasteiger partial charge in [-0.25, -0.2) is 4.39 Å². The van der Waals surface area contributed by atoms with Gasteiger partial charge in [-0.1, -0.05) is 6.08 Å². The quantitative estimate of drug-likeness (QED) is 0.815. The number of hydrogen-bond acceptors (Lipinski definition) is 2. The van der Waals surface area contributed by atoms with Gasteiger partial charge in [0, 0.05) is 11.6 Å². The highest BCUT2D eigenvalue weighted by Crippen LogP contribution is 2.24. The van der Waals surface area contributed by atoms with Crippen molar-refractivity contribution in [2.24, 2.45) is 0 Å². The molecule has 0 aromatic heterocycles. The molecule has 0 saturated heterocycles. The average Bonchev–Trinajstić information content (AvgIpc) is 2.30. The first kappa shape index (κ1) is 12.1. The number of hydrogen-bond donors (Lipinski definition) is 1. The van der Waals surface area contributed by atoms with Gasteiger partial charge < -0.3 is 9.84 Å². The molecule has 2 nitrogen and oxygen atoms in total. The Labute approximate surface area is 101 Å². The van der Waals surface area contributed by atoms with E-state index in [1.807, 2.05) is 6.08 Å². The molecule has 0 radical (unpaired) electrons. The normalized spacial score (nSPS) is 21.2. The van der Waals surface area contributed by atoms with E-state index in [4.69, 9.17) is 4.74 Å². The van der Waals surface area contributed by atoms with Gasteiger partial charge in [-0.15, -0.1) is 0 Å². The van der Waals surface area contributed by atoms with Gasteiger partial charge in [0.1, 0.15) is 17.7 Å². The van der Waals surface area contributed by atoms with Crippen molar-refractivity contribution < 1.29 is 14.2 Å². The van der Waals surface area contributed by atoms with Gasteiger partial charge >= 0.3 is 0 Å². The SMILES string of the molecule is C[C@@H](O)c1ccc(OC2C=CCCC2)cc1F. The molecule has 0 aliphatic heterocycles. The van der Waals surface area contributed by atoms with Gasteiger partial charge in [-0.3, -0.25) is 0 Å². The van der Waals surface area contributed by atoms with Crippen LogP contribution in [-0.2, 0) is 0 Å². The van der Waals surface area contributed by atoms with Crippen LogP contribution in [0.3, 0.4) is 0 Å². The summed E-state index contributed by atoms with van der Waals surface area (Å²) in [5.41, 5.74) is 0.302. The van der Waals surface area contributed by atoms with E-state index in [2.05, 4.69) is 6.08 Å². The molecule has 0 heterocycles. The van der Waals surface area contributed by atoms with Gasteiger partial charge in [0.05, 0.1) is 6.10 Å². The molecule has 1 aromatic rings. The zero-order valence-corrected chi connectivity index (χ0v) is 9.90. The summed E-state index contributed by atoms with van der Waals surface area (Å²) in [4.78, 5) is 0. The van der Waals surface area contributed by atoms with E-state index < -0.39 is 11.9 Å². The van der Waals surface area contributed by atoms with Crippen molar-refractivity contribution in [1.82, 2.24) is 0 Å². The minimum absolute atomic E-state index is 0.0422. The third kappa shape index (κ3) is 3.07. The highest BCUT2D eigenvalue weighted by Gasteiger charge is 2.13. The summed E-state index contributed by atoms with van der Waals surface area (Å²) in [7, 11) is 0. The molecule has 1 N–H and O–H groups in total. The predicted octanol–water partition coefficient (Wildman–Crippen LogP) is 3.37. The minimum atomic E-state index is -0.793. The van der Waals surface area contributed by atoms with E-state index >= 15 is 0 Å². The van der Waals surface area contributed by atoms with Crippen molar-refractivity contribution in [3.05, 3.63) is 41.7 Å². The van der Waals surface area contributed by atoms with Crippen LogP contribution in [0.15, 0.2) is 30.4 Å². The summed E-state index contributed by atoms with van der Waals surface area (Å²) in [5, 5.41) is 9.32. The van der Waals surface area contributed by atoms with Crippen LogP contribution < -0.4 is 4.74 Å². The van der Waals surface area contributed by atoms with Crippen molar-refractivity contribution in [2.75, 3.05) is 0 Å². The Hall–Kier alpha value is -1.35. The molecule has 0 amide bonds. The molecule has 92 valence electrons. The zero-order chi connectivity index (χ0) is 12.3. The maximum atomic E-state index is 13.6. The zero-order valence-electron chi connectivity index (χ0n) is 9.90. The Morgan fingerprint density at radius 1 is 1.47 bits per heavy atom. The molecular weight excluding hydrogens is 219 g/mol. The van der Waals surface area contributed by atoms with Crippen molar-refractivity contribution in [1.29, 1.82) is 0 Å². The first-order chi connectivity index (χ1) is 8.16. The second-order valence-corrected chi connectivity index (χ2v) is 4.37. The third-order valence-corrected chi connectivity index (χ3v) is 2.92. The third-order valence-electron chi connectivity index (χ3n) is 2.92. The highest BCUT2D eigenvalue weighted by molar-refractivity contribution is 5.30. The second-order valence-electron chi connectivity index (χ2n) is 4.37. The van der Waals surface area contributed by atoms with Crippen LogP contribution in [0.1, 0.15) is 37.9 Å². The van der Waals surface area contributed by atoms with E-state index in [9.17, 15) is 9.50 Å². The minimum Gasteiger partial charge on any atom is -0.486 e. The van der Waals surface area contributed by atoms with Crippen LogP contribution in [0, 0.1) is 5.82 Å². The molecule has 3 heteroatoms. The summed E-state index contributed by atoms with van der Waals surface area (Å²) >= 11 is 0. The van der Waals surface area contributed by atoms with E-state index in [-0.39, 0.29) is 6.10 Å². The molecule has 0 spiro atoms. The maximum absolute atomic E-state index is 13.6. The summed E-state index contributed by atoms with van der Waals surface area (Å²) in [6.07, 6.45) is 6.53. The topological polar surface area (TPSA) is 29.5 Å². The standard InChI is InChI=1S/C14H17FO2/c1-10(16)13-8-7-12(9-14(13)15)17-11-5-3-2-4-6-11/h3,5,7-11,16H,2,4,6H2,1H3/t10-,11?/m1/s1. The Morgan fingerprint density at radius 3 is 2.88 bits per heavy atom. The Kier molecular flexibility index (Phi) is 3.79. The molecule has 1 aliphatic carbocycles. The lowest BCUT2D eigenvalue weighted by molar-refractivity contribution is 0.193. The predicted molar refractivity (Wildman–Crippen MR) is 64.4 cm³/mol. The van der Waals surface area contributed by atoms with Crippen molar-refractivity contribution >= 4 is 0 Å². The van der Waals surface area contributed by atoms with Crippen LogP contribution in [0.2, 0.25) is 0 Å². The van der Waals surface area contributed by atoms with Gasteiger partial charge in [-0.2, -0.15) is 0 Å². The molecular formula is C14H17FO2. The van der Waals surface area contributed by atoms with Gasteiger partial charge in [0.2, 0.25) is 0 Å². The lowest BCUT2D eigenvalue weighted by Crippen LogP contribution is -2.15. The summed E-state index contributed by atoms with van der Waals surface area (Å²) in [5.74, 6) is 0.0979. The molecule has 1 aromatic carbocycles. The van der Waals surface area contributed by atoms with E-state index in [1.165, 1.54) is 6.07 Å². The molecule has 2 rings (SSSR count). The Balaban J connectivity index is 2.09. The first-order valence-electron chi connectivity index (χ1n) is 5.97. The van der Waals surface area contributed by atoms with Crippen molar-refractivity contribution in [3.8, 4) is 5.75 Å². The largest absolute Gasteiger partial charge is 0.486 e. The number of aliphatic hydroxyl groups excluding tert-OH is 1. The monoisotopic (exact) mass is 236 g/mol. The molecule has 0 bridgehead atoms. The maximum Gasteiger partial charge on any atom is 0.132 e. The molecule has 1 aliphatic rings. The van der Waals surface area contributed by atoms with E-state index in [1.54, 1.807) is 19.1 Å². The molecule has 1 unspecified atom stereocenters. The second kappa shape index (κ2) is 5.32. The molecule has 0 fully saturated rings. The highest BCUT2D eigenvalue weighted by atomic mass is 19.1. The van der Waals surface area contributed by atoms with Crippen LogP contribution in [-0.4, -0.2) is 11.2 Å². The fraction of sp³-hybridized carbons (Fsp3) is 0.429. The van der Waals surface area contributed by atoms with Gasteiger partial charge in [0.25, 0.3) is 0 Å². The fourth-order valence-electron chi connectivity index (χ4n) is 1.97. The average molecular weight is 236 g/mol. The van der Waals surface area contributed by atoms with Crippen molar-refractivity contribution in [3.63, 3.8) is 0 Å². The number of halogens is 1. The van der Waals surface area contributed by atoms with Crippen LogP contribution in [0.4, 0.5) is 4.39 Å². The molecule has 0 saturated carbocycles. The Bertz CT molecular complexity index is 413. The number of allylic oxidation sites excluding steroid dienone is 1. The van der Waals surface area contributed by atoms with E-state index in [0.29, 0.717) is 11.3 Å². The number of aliphatic hydroxyl groups is 1. The molecule has 2 atom stereocenters.